The second-order valence-electron chi connectivity index (χ2n) is 5.22. The van der Waals surface area contributed by atoms with E-state index in [-0.39, 0.29) is 5.97 Å². The summed E-state index contributed by atoms with van der Waals surface area (Å²) in [5.74, 6) is 0.214. The standard InChI is InChI=1S/C15H18N2O2/c18-15(19-10-11-6-2-1-3-7-11)14-12-8-4-5-9-13(12)16-17-14/h4-5,8-9,11H,1-3,6-7,10H2,(H,16,17). The van der Waals surface area contributed by atoms with Crippen LogP contribution in [0.25, 0.3) is 10.9 Å². The molecule has 100 valence electrons. The Kier molecular flexibility index (Phi) is 3.49. The number of aromatic nitrogens is 2. The Morgan fingerprint density at radius 2 is 2.05 bits per heavy atom. The minimum atomic E-state index is -0.317. The lowest BCUT2D eigenvalue weighted by atomic mass is 9.90. The second-order valence-corrected chi connectivity index (χ2v) is 5.22. The third-order valence-corrected chi connectivity index (χ3v) is 3.84. The Bertz CT molecular complexity index is 570. The van der Waals surface area contributed by atoms with Crippen LogP contribution in [0.1, 0.15) is 42.6 Å². The van der Waals surface area contributed by atoms with Crippen LogP contribution in [0.2, 0.25) is 0 Å². The molecule has 0 unspecified atom stereocenters. The highest BCUT2D eigenvalue weighted by Gasteiger charge is 2.19. The van der Waals surface area contributed by atoms with E-state index < -0.39 is 0 Å². The molecule has 4 heteroatoms. The number of carbonyl (C=O) groups is 1. The fourth-order valence-electron chi connectivity index (χ4n) is 2.73. The number of nitrogens with zero attached hydrogens (tertiary/aromatic N) is 1. The number of hydrogen-bond acceptors (Lipinski definition) is 3. The van der Waals surface area contributed by atoms with E-state index in [4.69, 9.17) is 4.74 Å². The lowest BCUT2D eigenvalue weighted by Gasteiger charge is -2.20. The first-order chi connectivity index (χ1) is 9.34. The number of rotatable bonds is 3. The molecule has 0 bridgehead atoms. The summed E-state index contributed by atoms with van der Waals surface area (Å²) in [5, 5.41) is 7.75. The zero-order valence-electron chi connectivity index (χ0n) is 10.9. The molecule has 1 aromatic carbocycles. The van der Waals surface area contributed by atoms with E-state index in [2.05, 4.69) is 10.2 Å². The summed E-state index contributed by atoms with van der Waals surface area (Å²) in [6.07, 6.45) is 6.18. The molecule has 19 heavy (non-hydrogen) atoms. The van der Waals surface area contributed by atoms with Crippen LogP contribution in [0, 0.1) is 5.92 Å². The normalized spacial score (nSPS) is 16.6. The van der Waals surface area contributed by atoms with Crippen molar-refractivity contribution in [3.8, 4) is 0 Å². The summed E-state index contributed by atoms with van der Waals surface area (Å²) >= 11 is 0. The van der Waals surface area contributed by atoms with Gasteiger partial charge in [0.15, 0.2) is 5.69 Å². The molecule has 0 saturated heterocycles. The Labute approximate surface area is 112 Å². The summed E-state index contributed by atoms with van der Waals surface area (Å²) in [6, 6.07) is 7.60. The van der Waals surface area contributed by atoms with E-state index >= 15 is 0 Å². The van der Waals surface area contributed by atoms with Crippen LogP contribution in [0.3, 0.4) is 0 Å². The molecule has 1 heterocycles. The molecule has 1 aliphatic carbocycles. The fourth-order valence-corrected chi connectivity index (χ4v) is 2.73. The maximum Gasteiger partial charge on any atom is 0.359 e. The van der Waals surface area contributed by atoms with Gasteiger partial charge in [0.2, 0.25) is 0 Å². The van der Waals surface area contributed by atoms with E-state index in [9.17, 15) is 4.79 Å². The van der Waals surface area contributed by atoms with E-state index in [1.54, 1.807) is 0 Å². The van der Waals surface area contributed by atoms with E-state index in [1.807, 2.05) is 24.3 Å². The van der Waals surface area contributed by atoms with Gasteiger partial charge in [0.05, 0.1) is 12.1 Å². The molecular formula is C15H18N2O2. The van der Waals surface area contributed by atoms with Crippen LogP contribution in [0.4, 0.5) is 0 Å². The number of para-hydroxylation sites is 1. The SMILES string of the molecule is O=C(OCC1CCCCC1)c1n[nH]c2ccccc12. The first-order valence-electron chi connectivity index (χ1n) is 6.95. The number of nitrogens with one attached hydrogen (secondary N) is 1. The largest absolute Gasteiger partial charge is 0.461 e. The van der Waals surface area contributed by atoms with Crippen molar-refractivity contribution in [1.29, 1.82) is 0 Å². The quantitative estimate of drug-likeness (QED) is 0.859. The number of carbonyl (C=O) groups excluding carboxylic acids is 1. The highest BCUT2D eigenvalue weighted by molar-refractivity contribution is 6.01. The zero-order valence-corrected chi connectivity index (χ0v) is 10.9. The monoisotopic (exact) mass is 258 g/mol. The molecule has 3 rings (SSSR count). The summed E-state index contributed by atoms with van der Waals surface area (Å²) in [7, 11) is 0. The molecule has 1 aliphatic rings. The molecule has 1 N–H and O–H groups in total. The number of hydrogen-bond donors (Lipinski definition) is 1. The number of benzene rings is 1. The molecule has 0 radical (unpaired) electrons. The maximum atomic E-state index is 12.1. The van der Waals surface area contributed by atoms with Crippen molar-refractivity contribution in [2.45, 2.75) is 32.1 Å². The number of aromatic amines is 1. The average molecular weight is 258 g/mol. The number of esters is 1. The van der Waals surface area contributed by atoms with Crippen molar-refractivity contribution in [2.75, 3.05) is 6.61 Å². The molecular weight excluding hydrogens is 240 g/mol. The summed E-state index contributed by atoms with van der Waals surface area (Å²) in [4.78, 5) is 12.1. The highest BCUT2D eigenvalue weighted by atomic mass is 16.5. The van der Waals surface area contributed by atoms with Crippen LogP contribution in [0.15, 0.2) is 24.3 Å². The van der Waals surface area contributed by atoms with Crippen molar-refractivity contribution >= 4 is 16.9 Å². The minimum absolute atomic E-state index is 0.317. The molecule has 4 nitrogen and oxygen atoms in total. The molecule has 1 fully saturated rings. The van der Waals surface area contributed by atoms with Gasteiger partial charge >= 0.3 is 5.97 Å². The smallest absolute Gasteiger partial charge is 0.359 e. The van der Waals surface area contributed by atoms with Crippen molar-refractivity contribution in [1.82, 2.24) is 10.2 Å². The van der Waals surface area contributed by atoms with Gasteiger partial charge in [-0.05, 0) is 24.8 Å². The third-order valence-electron chi connectivity index (χ3n) is 3.84. The van der Waals surface area contributed by atoms with Crippen LogP contribution in [0.5, 0.6) is 0 Å². The Morgan fingerprint density at radius 3 is 2.89 bits per heavy atom. The molecule has 0 amide bonds. The van der Waals surface area contributed by atoms with Gasteiger partial charge in [0.1, 0.15) is 0 Å². The van der Waals surface area contributed by atoms with Crippen LogP contribution >= 0.6 is 0 Å². The average Bonchev–Trinajstić information content (AvgIpc) is 2.90. The fraction of sp³-hybridized carbons (Fsp3) is 0.467. The Hall–Kier alpha value is -1.84. The highest BCUT2D eigenvalue weighted by Crippen LogP contribution is 2.24. The molecule has 1 aromatic heterocycles. The van der Waals surface area contributed by atoms with Gasteiger partial charge in [0.25, 0.3) is 0 Å². The zero-order chi connectivity index (χ0) is 13.1. The van der Waals surface area contributed by atoms with Gasteiger partial charge in [-0.2, -0.15) is 5.10 Å². The van der Waals surface area contributed by atoms with E-state index in [1.165, 1.54) is 32.1 Å². The van der Waals surface area contributed by atoms with E-state index in [0.29, 0.717) is 18.2 Å². The van der Waals surface area contributed by atoms with E-state index in [0.717, 1.165) is 10.9 Å². The molecule has 0 aliphatic heterocycles. The van der Waals surface area contributed by atoms with Crippen LogP contribution in [-0.4, -0.2) is 22.8 Å². The van der Waals surface area contributed by atoms with Gasteiger partial charge in [-0.1, -0.05) is 37.5 Å². The Balaban J connectivity index is 1.66. The predicted molar refractivity (Wildman–Crippen MR) is 73.0 cm³/mol. The number of H-pyrrole nitrogens is 1. The van der Waals surface area contributed by atoms with Crippen LogP contribution < -0.4 is 0 Å². The minimum Gasteiger partial charge on any atom is -0.461 e. The summed E-state index contributed by atoms with van der Waals surface area (Å²) < 4.78 is 5.41. The number of ether oxygens (including phenoxy) is 1. The predicted octanol–water partition coefficient (Wildman–Crippen LogP) is 3.30. The van der Waals surface area contributed by atoms with Gasteiger partial charge in [-0.25, -0.2) is 4.79 Å². The van der Waals surface area contributed by atoms with Crippen LogP contribution in [-0.2, 0) is 4.74 Å². The lowest BCUT2D eigenvalue weighted by Crippen LogP contribution is -2.17. The summed E-state index contributed by atoms with van der Waals surface area (Å²) in [6.45, 7) is 0.528. The van der Waals surface area contributed by atoms with Crippen molar-refractivity contribution in [3.05, 3.63) is 30.0 Å². The second kappa shape index (κ2) is 5.43. The number of fused-ring (bicyclic) bond motifs is 1. The van der Waals surface area contributed by atoms with Crippen molar-refractivity contribution < 1.29 is 9.53 Å². The third kappa shape index (κ3) is 2.62. The first-order valence-corrected chi connectivity index (χ1v) is 6.95. The van der Waals surface area contributed by atoms with Crippen molar-refractivity contribution in [2.24, 2.45) is 5.92 Å². The topological polar surface area (TPSA) is 55.0 Å². The molecule has 2 aromatic rings. The van der Waals surface area contributed by atoms with Gasteiger partial charge in [-0.15, -0.1) is 0 Å². The lowest BCUT2D eigenvalue weighted by molar-refractivity contribution is 0.0405. The molecule has 0 spiro atoms. The van der Waals surface area contributed by atoms with Gasteiger partial charge in [0, 0.05) is 5.39 Å². The molecule has 0 atom stereocenters. The molecule has 1 saturated carbocycles. The summed E-state index contributed by atoms with van der Waals surface area (Å²) in [5.41, 5.74) is 1.26. The van der Waals surface area contributed by atoms with Crippen molar-refractivity contribution in [3.63, 3.8) is 0 Å². The maximum absolute atomic E-state index is 12.1. The Morgan fingerprint density at radius 1 is 1.26 bits per heavy atom. The van der Waals surface area contributed by atoms with Gasteiger partial charge < -0.3 is 4.74 Å². The van der Waals surface area contributed by atoms with Gasteiger partial charge in [-0.3, -0.25) is 5.10 Å². The first kappa shape index (κ1) is 12.2.